The summed E-state index contributed by atoms with van der Waals surface area (Å²) in [5.74, 6) is -0.214. The molecule has 0 fully saturated rings. The molecule has 0 aromatic heterocycles. The van der Waals surface area contributed by atoms with Crippen molar-refractivity contribution < 1.29 is 19.0 Å². The highest BCUT2D eigenvalue weighted by Gasteiger charge is 2.33. The Hall–Kier alpha value is -0.650. The first-order valence-electron chi connectivity index (χ1n) is 6.59. The third kappa shape index (κ3) is 6.93. The number of ether oxygens (including phenoxy) is 3. The lowest BCUT2D eigenvalue weighted by molar-refractivity contribution is -0.151. The van der Waals surface area contributed by atoms with E-state index in [1.165, 1.54) is 0 Å². The molecule has 5 nitrogen and oxygen atoms in total. The Kier molecular flexibility index (Phi) is 9.92. The van der Waals surface area contributed by atoms with Crippen LogP contribution in [-0.4, -0.2) is 51.6 Å². The van der Waals surface area contributed by atoms with Crippen LogP contribution < -0.4 is 5.32 Å². The van der Waals surface area contributed by atoms with Gasteiger partial charge in [0, 0.05) is 13.7 Å². The van der Waals surface area contributed by atoms with Crippen molar-refractivity contribution in [2.45, 2.75) is 39.2 Å². The first kappa shape index (κ1) is 17.4. The van der Waals surface area contributed by atoms with Gasteiger partial charge < -0.3 is 19.5 Å². The summed E-state index contributed by atoms with van der Waals surface area (Å²) in [5, 5.41) is 3.24. The fourth-order valence-electron chi connectivity index (χ4n) is 1.47. The number of hydrogen-bond donors (Lipinski definition) is 1. The van der Waals surface area contributed by atoms with Gasteiger partial charge in [-0.15, -0.1) is 0 Å². The van der Waals surface area contributed by atoms with Crippen LogP contribution >= 0.6 is 0 Å². The van der Waals surface area contributed by atoms with E-state index in [0.717, 1.165) is 13.0 Å². The van der Waals surface area contributed by atoms with E-state index < -0.39 is 5.54 Å². The van der Waals surface area contributed by atoms with Gasteiger partial charge in [0.05, 0.1) is 19.8 Å². The van der Waals surface area contributed by atoms with Gasteiger partial charge in [-0.2, -0.15) is 0 Å². The number of carbonyl (C=O) groups excluding carboxylic acids is 1. The molecule has 0 heterocycles. The minimum Gasteiger partial charge on any atom is -0.465 e. The molecule has 0 aromatic carbocycles. The predicted molar refractivity (Wildman–Crippen MR) is 70.6 cm³/mol. The van der Waals surface area contributed by atoms with Crippen LogP contribution in [0.25, 0.3) is 0 Å². The highest BCUT2D eigenvalue weighted by Crippen LogP contribution is 2.12. The van der Waals surface area contributed by atoms with Crippen LogP contribution in [0.3, 0.4) is 0 Å². The largest absolute Gasteiger partial charge is 0.465 e. The quantitative estimate of drug-likeness (QED) is 0.449. The van der Waals surface area contributed by atoms with E-state index in [9.17, 15) is 4.79 Å². The second-order valence-corrected chi connectivity index (χ2v) is 4.33. The molecule has 0 bridgehead atoms. The molecule has 0 radical (unpaired) electrons. The van der Waals surface area contributed by atoms with Crippen molar-refractivity contribution in [1.82, 2.24) is 5.32 Å². The molecular weight excluding hydrogens is 234 g/mol. The smallest absolute Gasteiger partial charge is 0.326 e. The lowest BCUT2D eigenvalue weighted by Crippen LogP contribution is -2.51. The van der Waals surface area contributed by atoms with E-state index in [1.54, 1.807) is 7.11 Å². The van der Waals surface area contributed by atoms with Crippen LogP contribution in [-0.2, 0) is 19.0 Å². The Bertz CT molecular complexity index is 223. The molecule has 0 aliphatic heterocycles. The molecule has 0 rings (SSSR count). The maximum Gasteiger partial charge on any atom is 0.326 e. The fourth-order valence-corrected chi connectivity index (χ4v) is 1.47. The van der Waals surface area contributed by atoms with Crippen molar-refractivity contribution >= 4 is 5.97 Å². The van der Waals surface area contributed by atoms with Gasteiger partial charge in [0.1, 0.15) is 5.54 Å². The molecule has 1 N–H and O–H groups in total. The van der Waals surface area contributed by atoms with Crippen LogP contribution in [0.1, 0.15) is 33.6 Å². The Morgan fingerprint density at radius 3 is 2.50 bits per heavy atom. The van der Waals surface area contributed by atoms with E-state index >= 15 is 0 Å². The van der Waals surface area contributed by atoms with Crippen LogP contribution in [0.2, 0.25) is 0 Å². The molecule has 0 aliphatic carbocycles. The molecule has 0 saturated carbocycles. The Morgan fingerprint density at radius 2 is 1.94 bits per heavy atom. The zero-order valence-corrected chi connectivity index (χ0v) is 12.1. The summed E-state index contributed by atoms with van der Waals surface area (Å²) in [7, 11) is 1.63. The topological polar surface area (TPSA) is 56.8 Å². The normalized spacial score (nSPS) is 14.2. The number of hydrogen-bond acceptors (Lipinski definition) is 5. The lowest BCUT2D eigenvalue weighted by Gasteiger charge is -2.28. The average molecular weight is 261 g/mol. The second-order valence-electron chi connectivity index (χ2n) is 4.33. The van der Waals surface area contributed by atoms with Crippen molar-refractivity contribution in [1.29, 1.82) is 0 Å². The zero-order chi connectivity index (χ0) is 13.9. The van der Waals surface area contributed by atoms with Gasteiger partial charge in [-0.25, -0.2) is 0 Å². The van der Waals surface area contributed by atoms with Gasteiger partial charge >= 0.3 is 5.97 Å². The van der Waals surface area contributed by atoms with Crippen molar-refractivity contribution in [3.63, 3.8) is 0 Å². The van der Waals surface area contributed by atoms with Crippen molar-refractivity contribution in [2.24, 2.45) is 0 Å². The Labute approximate surface area is 110 Å². The Morgan fingerprint density at radius 1 is 1.22 bits per heavy atom. The van der Waals surface area contributed by atoms with E-state index in [0.29, 0.717) is 32.8 Å². The molecule has 0 saturated heterocycles. The zero-order valence-electron chi connectivity index (χ0n) is 12.1. The van der Waals surface area contributed by atoms with Gasteiger partial charge in [-0.1, -0.05) is 6.92 Å². The van der Waals surface area contributed by atoms with Crippen LogP contribution in [0.5, 0.6) is 0 Å². The Balaban J connectivity index is 4.15. The van der Waals surface area contributed by atoms with Crippen LogP contribution in [0, 0.1) is 0 Å². The van der Waals surface area contributed by atoms with Gasteiger partial charge in [0.25, 0.3) is 0 Å². The summed E-state index contributed by atoms with van der Waals surface area (Å²) >= 11 is 0. The third-order valence-corrected chi connectivity index (χ3v) is 2.67. The third-order valence-electron chi connectivity index (χ3n) is 2.67. The highest BCUT2D eigenvalue weighted by atomic mass is 16.5. The lowest BCUT2D eigenvalue weighted by atomic mass is 9.98. The second kappa shape index (κ2) is 10.3. The maximum absolute atomic E-state index is 11.9. The van der Waals surface area contributed by atoms with Gasteiger partial charge in [-0.3, -0.25) is 4.79 Å². The number of methoxy groups -OCH3 is 1. The maximum atomic E-state index is 11.9. The van der Waals surface area contributed by atoms with Gasteiger partial charge in [-0.05, 0) is 33.2 Å². The molecule has 0 spiro atoms. The highest BCUT2D eigenvalue weighted by molar-refractivity contribution is 5.80. The molecule has 5 heteroatoms. The molecule has 108 valence electrons. The number of nitrogens with one attached hydrogen (secondary N) is 1. The number of esters is 1. The summed E-state index contributed by atoms with van der Waals surface area (Å²) in [4.78, 5) is 11.9. The summed E-state index contributed by atoms with van der Waals surface area (Å²) < 4.78 is 15.4. The molecule has 1 atom stereocenters. The summed E-state index contributed by atoms with van der Waals surface area (Å²) in [5.41, 5.74) is -0.668. The standard InChI is InChI=1S/C13H27NO4/c1-5-8-14-13(3,12(15)18-6-2)7-9-17-11-10-16-4/h14H,5-11H2,1-4H3. The molecule has 0 aromatic rings. The molecule has 0 amide bonds. The summed E-state index contributed by atoms with van der Waals surface area (Å²) in [6.07, 6.45) is 1.56. The number of carbonyl (C=O) groups is 1. The van der Waals surface area contributed by atoms with E-state index in [-0.39, 0.29) is 5.97 Å². The summed E-state index contributed by atoms with van der Waals surface area (Å²) in [6, 6.07) is 0. The van der Waals surface area contributed by atoms with Crippen LogP contribution in [0.4, 0.5) is 0 Å². The van der Waals surface area contributed by atoms with Crippen molar-refractivity contribution in [2.75, 3.05) is 40.1 Å². The number of rotatable bonds is 11. The van der Waals surface area contributed by atoms with Crippen molar-refractivity contribution in [3.05, 3.63) is 0 Å². The van der Waals surface area contributed by atoms with Gasteiger partial charge in [0.2, 0.25) is 0 Å². The molecular formula is C13H27NO4. The fraction of sp³-hybridized carbons (Fsp3) is 0.923. The SMILES string of the molecule is CCCNC(C)(CCOCCOC)C(=O)OCC. The molecule has 18 heavy (non-hydrogen) atoms. The van der Waals surface area contributed by atoms with E-state index in [2.05, 4.69) is 12.2 Å². The van der Waals surface area contributed by atoms with Crippen molar-refractivity contribution in [3.8, 4) is 0 Å². The van der Waals surface area contributed by atoms with Crippen LogP contribution in [0.15, 0.2) is 0 Å². The summed E-state index contributed by atoms with van der Waals surface area (Å²) in [6.45, 7) is 8.54. The molecule has 0 aliphatic rings. The predicted octanol–water partition coefficient (Wildman–Crippen LogP) is 1.36. The minimum absolute atomic E-state index is 0.214. The van der Waals surface area contributed by atoms with E-state index in [1.807, 2.05) is 13.8 Å². The monoisotopic (exact) mass is 261 g/mol. The van der Waals surface area contributed by atoms with E-state index in [4.69, 9.17) is 14.2 Å². The minimum atomic E-state index is -0.668. The average Bonchev–Trinajstić information content (AvgIpc) is 2.36. The first-order valence-corrected chi connectivity index (χ1v) is 6.59. The first-order chi connectivity index (χ1) is 8.60. The van der Waals surface area contributed by atoms with Gasteiger partial charge in [0.15, 0.2) is 0 Å². The molecule has 1 unspecified atom stereocenters.